The first kappa shape index (κ1) is 17.7. The Hall–Kier alpha value is -3.33. The number of benzene rings is 1. The minimum atomic E-state index is -0.652. The van der Waals surface area contributed by atoms with Crippen LogP contribution in [0.3, 0.4) is 0 Å². The summed E-state index contributed by atoms with van der Waals surface area (Å²) in [5, 5.41) is 3.71. The Bertz CT molecular complexity index is 1240. The van der Waals surface area contributed by atoms with Crippen LogP contribution in [0.5, 0.6) is 0 Å². The Morgan fingerprint density at radius 3 is 2.90 bits per heavy atom. The molecule has 29 heavy (non-hydrogen) atoms. The molecule has 5 rings (SSSR count). The van der Waals surface area contributed by atoms with Crippen molar-refractivity contribution in [3.63, 3.8) is 0 Å². The molecule has 3 heterocycles. The standard InChI is InChI=1S/C20H19FN6O2/c21-14-7-2-1-6-13(14)19-24-16-10-23-15(18-25-20(28)29-26-18)9-17(16)27(19)12-5-3-4-11(22)8-12/h1-2,6-7,9-12H,3-5,8,22H2,(H,25,26,28)/t11-,12+/m0/s1. The highest BCUT2D eigenvalue weighted by atomic mass is 19.1. The van der Waals surface area contributed by atoms with Crippen LogP contribution in [0.25, 0.3) is 33.9 Å². The lowest BCUT2D eigenvalue weighted by molar-refractivity contribution is 0.327. The van der Waals surface area contributed by atoms with Gasteiger partial charge < -0.3 is 10.3 Å². The predicted octanol–water partition coefficient (Wildman–Crippen LogP) is 3.02. The van der Waals surface area contributed by atoms with E-state index in [0.29, 0.717) is 22.6 Å². The van der Waals surface area contributed by atoms with Crippen molar-refractivity contribution in [1.29, 1.82) is 0 Å². The van der Waals surface area contributed by atoms with Gasteiger partial charge in [-0.1, -0.05) is 17.3 Å². The zero-order valence-corrected chi connectivity index (χ0v) is 15.5. The Labute approximate surface area is 164 Å². The van der Waals surface area contributed by atoms with Gasteiger partial charge in [-0.25, -0.2) is 14.2 Å². The second kappa shape index (κ2) is 6.93. The van der Waals surface area contributed by atoms with Gasteiger partial charge in [-0.2, -0.15) is 0 Å². The lowest BCUT2D eigenvalue weighted by atomic mass is 9.91. The van der Waals surface area contributed by atoms with Crippen LogP contribution in [0, 0.1) is 5.82 Å². The molecule has 1 aromatic carbocycles. The first-order chi connectivity index (χ1) is 14.1. The van der Waals surface area contributed by atoms with Gasteiger partial charge in [0, 0.05) is 12.1 Å². The molecule has 0 radical (unpaired) electrons. The summed E-state index contributed by atoms with van der Waals surface area (Å²) >= 11 is 0. The van der Waals surface area contributed by atoms with Crippen LogP contribution in [-0.4, -0.2) is 30.7 Å². The molecule has 1 aliphatic rings. The van der Waals surface area contributed by atoms with Gasteiger partial charge in [0.25, 0.3) is 0 Å². The highest BCUT2D eigenvalue weighted by Gasteiger charge is 2.27. The molecule has 0 saturated heterocycles. The Balaban J connectivity index is 1.74. The Morgan fingerprint density at radius 1 is 1.28 bits per heavy atom. The van der Waals surface area contributed by atoms with Gasteiger partial charge in [-0.05, 0) is 43.9 Å². The van der Waals surface area contributed by atoms with Crippen molar-refractivity contribution in [3.05, 3.63) is 52.9 Å². The molecule has 2 atom stereocenters. The fourth-order valence-electron chi connectivity index (χ4n) is 4.11. The van der Waals surface area contributed by atoms with Crippen molar-refractivity contribution in [2.75, 3.05) is 0 Å². The molecule has 8 nitrogen and oxygen atoms in total. The third-order valence-electron chi connectivity index (χ3n) is 5.43. The molecule has 0 unspecified atom stereocenters. The lowest BCUT2D eigenvalue weighted by Crippen LogP contribution is -2.29. The summed E-state index contributed by atoms with van der Waals surface area (Å²) in [6.45, 7) is 0. The Kier molecular flexibility index (Phi) is 4.24. The van der Waals surface area contributed by atoms with E-state index in [1.807, 2.05) is 0 Å². The van der Waals surface area contributed by atoms with Crippen LogP contribution in [-0.2, 0) is 0 Å². The van der Waals surface area contributed by atoms with Crippen molar-refractivity contribution in [2.24, 2.45) is 5.73 Å². The average Bonchev–Trinajstić information content (AvgIpc) is 3.31. The molecule has 1 aliphatic carbocycles. The maximum atomic E-state index is 14.6. The molecule has 9 heteroatoms. The van der Waals surface area contributed by atoms with Crippen LogP contribution in [0.1, 0.15) is 31.7 Å². The summed E-state index contributed by atoms with van der Waals surface area (Å²) in [6.07, 6.45) is 5.29. The zero-order chi connectivity index (χ0) is 20.0. The number of pyridine rings is 1. The number of halogens is 1. The van der Waals surface area contributed by atoms with E-state index in [1.54, 1.807) is 30.5 Å². The van der Waals surface area contributed by atoms with E-state index in [2.05, 4.69) is 29.2 Å². The number of imidazole rings is 1. The highest BCUT2D eigenvalue weighted by molar-refractivity contribution is 5.83. The van der Waals surface area contributed by atoms with Gasteiger partial charge in [0.05, 0.1) is 17.3 Å². The smallest absolute Gasteiger partial charge is 0.328 e. The molecule has 0 spiro atoms. The number of nitrogens with zero attached hydrogens (tertiary/aromatic N) is 4. The molecule has 1 saturated carbocycles. The minimum absolute atomic E-state index is 0.0879. The molecular weight excluding hydrogens is 375 g/mol. The number of aromatic nitrogens is 5. The molecule has 0 aliphatic heterocycles. The average molecular weight is 394 g/mol. The van der Waals surface area contributed by atoms with Crippen molar-refractivity contribution < 1.29 is 8.91 Å². The fraction of sp³-hybridized carbons (Fsp3) is 0.300. The largest absolute Gasteiger partial charge is 0.439 e. The number of hydrogen-bond acceptors (Lipinski definition) is 6. The number of H-pyrrole nitrogens is 1. The van der Waals surface area contributed by atoms with E-state index in [4.69, 9.17) is 5.73 Å². The molecular formula is C20H19FN6O2. The number of rotatable bonds is 3. The minimum Gasteiger partial charge on any atom is -0.328 e. The quantitative estimate of drug-likeness (QED) is 0.552. The molecule has 3 aromatic heterocycles. The maximum absolute atomic E-state index is 14.6. The van der Waals surface area contributed by atoms with E-state index in [0.717, 1.165) is 31.2 Å². The summed E-state index contributed by atoms with van der Waals surface area (Å²) in [7, 11) is 0. The highest BCUT2D eigenvalue weighted by Crippen LogP contribution is 2.36. The van der Waals surface area contributed by atoms with Crippen molar-refractivity contribution >= 4 is 11.0 Å². The topological polar surface area (TPSA) is 116 Å². The van der Waals surface area contributed by atoms with E-state index in [9.17, 15) is 9.18 Å². The predicted molar refractivity (Wildman–Crippen MR) is 105 cm³/mol. The third kappa shape index (κ3) is 3.13. The number of nitrogens with two attached hydrogens (primary N) is 1. The summed E-state index contributed by atoms with van der Waals surface area (Å²) in [5.74, 6) is -0.207. The molecule has 148 valence electrons. The molecule has 1 fully saturated rings. The van der Waals surface area contributed by atoms with Gasteiger partial charge >= 0.3 is 5.76 Å². The van der Waals surface area contributed by atoms with E-state index in [1.165, 1.54) is 6.07 Å². The van der Waals surface area contributed by atoms with E-state index in [-0.39, 0.29) is 23.7 Å². The van der Waals surface area contributed by atoms with Crippen LogP contribution < -0.4 is 11.5 Å². The molecule has 4 aromatic rings. The van der Waals surface area contributed by atoms with Crippen LogP contribution in [0.4, 0.5) is 4.39 Å². The zero-order valence-electron chi connectivity index (χ0n) is 15.5. The van der Waals surface area contributed by atoms with E-state index < -0.39 is 5.76 Å². The lowest BCUT2D eigenvalue weighted by Gasteiger charge is -2.29. The summed E-state index contributed by atoms with van der Waals surface area (Å²) in [6, 6.07) is 8.56. The number of aromatic amines is 1. The second-order valence-electron chi connectivity index (χ2n) is 7.37. The number of nitrogens with one attached hydrogen (secondary N) is 1. The number of hydrogen-bond donors (Lipinski definition) is 2. The van der Waals surface area contributed by atoms with Crippen LogP contribution in [0.2, 0.25) is 0 Å². The van der Waals surface area contributed by atoms with Crippen LogP contribution in [0.15, 0.2) is 45.8 Å². The SMILES string of the molecule is N[C@H]1CCC[C@@H](n2c(-c3ccccc3F)nc3cnc(-c4noc(=O)[nH]4)cc32)C1. The third-order valence-corrected chi connectivity index (χ3v) is 5.43. The van der Waals surface area contributed by atoms with Crippen molar-refractivity contribution in [2.45, 2.75) is 37.8 Å². The molecule has 3 N–H and O–H groups in total. The maximum Gasteiger partial charge on any atom is 0.439 e. The molecule has 0 amide bonds. The Morgan fingerprint density at radius 2 is 2.14 bits per heavy atom. The van der Waals surface area contributed by atoms with Gasteiger partial charge in [0.2, 0.25) is 5.82 Å². The van der Waals surface area contributed by atoms with Crippen LogP contribution >= 0.6 is 0 Å². The number of fused-ring (bicyclic) bond motifs is 1. The first-order valence-electron chi connectivity index (χ1n) is 9.55. The van der Waals surface area contributed by atoms with Gasteiger partial charge in [-0.15, -0.1) is 0 Å². The van der Waals surface area contributed by atoms with Crippen molar-refractivity contribution in [1.82, 2.24) is 24.7 Å². The normalized spacial score (nSPS) is 19.7. The fourth-order valence-corrected chi connectivity index (χ4v) is 4.11. The van der Waals surface area contributed by atoms with Gasteiger partial charge in [0.1, 0.15) is 22.9 Å². The summed E-state index contributed by atoms with van der Waals surface area (Å²) in [5.41, 5.74) is 8.54. The second-order valence-corrected chi connectivity index (χ2v) is 7.37. The van der Waals surface area contributed by atoms with Gasteiger partial charge in [-0.3, -0.25) is 14.5 Å². The summed E-state index contributed by atoms with van der Waals surface area (Å²) in [4.78, 5) is 22.8. The van der Waals surface area contributed by atoms with E-state index >= 15 is 0 Å². The first-order valence-corrected chi connectivity index (χ1v) is 9.55. The molecule has 0 bridgehead atoms. The van der Waals surface area contributed by atoms with Crippen molar-refractivity contribution in [3.8, 4) is 22.9 Å². The monoisotopic (exact) mass is 394 g/mol. The summed E-state index contributed by atoms with van der Waals surface area (Å²) < 4.78 is 21.3. The van der Waals surface area contributed by atoms with Gasteiger partial charge in [0.15, 0.2) is 0 Å².